The van der Waals surface area contributed by atoms with E-state index in [1.165, 1.54) is 5.56 Å². The third-order valence-electron chi connectivity index (χ3n) is 3.87. The Hall–Kier alpha value is -0.820. The molecular weight excluding hydrogens is 220 g/mol. The molecule has 1 heteroatoms. The van der Waals surface area contributed by atoms with Crippen LogP contribution in [-0.4, -0.2) is 5.11 Å². The zero-order valence-electron chi connectivity index (χ0n) is 12.5. The molecule has 0 spiro atoms. The number of hydrogen-bond donors (Lipinski definition) is 1. The highest BCUT2D eigenvalue weighted by Crippen LogP contribution is 2.28. The SMILES string of the molecule is CCC(CC)CC(O)c1ccc(C(C)(C)C)cc1. The summed E-state index contributed by atoms with van der Waals surface area (Å²) in [7, 11) is 0. The van der Waals surface area contributed by atoms with Crippen molar-refractivity contribution >= 4 is 0 Å². The summed E-state index contributed by atoms with van der Waals surface area (Å²) in [5.41, 5.74) is 2.55. The Balaban J connectivity index is 2.73. The van der Waals surface area contributed by atoms with Crippen molar-refractivity contribution in [2.45, 2.75) is 65.4 Å². The maximum absolute atomic E-state index is 10.2. The molecule has 0 aliphatic rings. The minimum absolute atomic E-state index is 0.179. The van der Waals surface area contributed by atoms with Crippen LogP contribution >= 0.6 is 0 Å². The summed E-state index contributed by atoms with van der Waals surface area (Å²) in [6, 6.07) is 8.44. The summed E-state index contributed by atoms with van der Waals surface area (Å²) < 4.78 is 0. The number of aliphatic hydroxyl groups is 1. The van der Waals surface area contributed by atoms with E-state index in [9.17, 15) is 5.11 Å². The highest BCUT2D eigenvalue weighted by Gasteiger charge is 2.16. The van der Waals surface area contributed by atoms with Gasteiger partial charge in [-0.3, -0.25) is 0 Å². The molecular formula is C17H28O. The predicted molar refractivity (Wildman–Crippen MR) is 78.8 cm³/mol. The first-order valence-corrected chi connectivity index (χ1v) is 7.17. The average molecular weight is 248 g/mol. The van der Waals surface area contributed by atoms with E-state index in [0.29, 0.717) is 5.92 Å². The molecule has 0 saturated heterocycles. The van der Waals surface area contributed by atoms with Crippen molar-refractivity contribution in [3.63, 3.8) is 0 Å². The van der Waals surface area contributed by atoms with Gasteiger partial charge in [0.05, 0.1) is 6.10 Å². The monoisotopic (exact) mass is 248 g/mol. The van der Waals surface area contributed by atoms with Crippen molar-refractivity contribution in [2.24, 2.45) is 5.92 Å². The number of hydrogen-bond acceptors (Lipinski definition) is 1. The Bertz CT molecular complexity index is 341. The van der Waals surface area contributed by atoms with Crippen molar-refractivity contribution in [3.05, 3.63) is 35.4 Å². The van der Waals surface area contributed by atoms with Gasteiger partial charge >= 0.3 is 0 Å². The third kappa shape index (κ3) is 4.13. The first-order chi connectivity index (χ1) is 8.38. The first kappa shape index (κ1) is 15.2. The van der Waals surface area contributed by atoms with Crippen LogP contribution in [0.1, 0.15) is 71.1 Å². The maximum atomic E-state index is 10.2. The van der Waals surface area contributed by atoms with Crippen LogP contribution in [0.15, 0.2) is 24.3 Å². The van der Waals surface area contributed by atoms with E-state index in [1.807, 2.05) is 0 Å². The zero-order chi connectivity index (χ0) is 13.8. The normalized spacial score (nSPS) is 13.9. The summed E-state index contributed by atoms with van der Waals surface area (Å²) in [6.07, 6.45) is 2.85. The van der Waals surface area contributed by atoms with E-state index in [0.717, 1.165) is 24.8 Å². The molecule has 1 atom stereocenters. The largest absolute Gasteiger partial charge is 0.388 e. The van der Waals surface area contributed by atoms with Crippen LogP contribution in [0.3, 0.4) is 0 Å². The van der Waals surface area contributed by atoms with E-state index in [1.54, 1.807) is 0 Å². The van der Waals surface area contributed by atoms with Gasteiger partial charge < -0.3 is 5.11 Å². The first-order valence-electron chi connectivity index (χ1n) is 7.17. The molecule has 102 valence electrons. The summed E-state index contributed by atoms with van der Waals surface area (Å²) >= 11 is 0. The second-order valence-electron chi connectivity index (χ2n) is 6.31. The van der Waals surface area contributed by atoms with Gasteiger partial charge in [-0.25, -0.2) is 0 Å². The molecule has 0 bridgehead atoms. The zero-order valence-corrected chi connectivity index (χ0v) is 12.5. The van der Waals surface area contributed by atoms with Crippen LogP contribution in [0, 0.1) is 5.92 Å². The molecule has 0 fully saturated rings. The van der Waals surface area contributed by atoms with Gasteiger partial charge in [-0.1, -0.05) is 71.7 Å². The van der Waals surface area contributed by atoms with E-state index in [-0.39, 0.29) is 11.5 Å². The predicted octanol–water partition coefficient (Wildman–Crippen LogP) is 4.84. The molecule has 1 nitrogen and oxygen atoms in total. The minimum Gasteiger partial charge on any atom is -0.388 e. The Morgan fingerprint density at radius 1 is 1.00 bits per heavy atom. The topological polar surface area (TPSA) is 20.2 Å². The summed E-state index contributed by atoms with van der Waals surface area (Å²) in [5.74, 6) is 0.627. The van der Waals surface area contributed by atoms with Gasteiger partial charge in [-0.15, -0.1) is 0 Å². The van der Waals surface area contributed by atoms with Crippen LogP contribution in [-0.2, 0) is 5.41 Å². The molecule has 0 aliphatic heterocycles. The van der Waals surface area contributed by atoms with Crippen LogP contribution in [0.2, 0.25) is 0 Å². The Morgan fingerprint density at radius 2 is 1.50 bits per heavy atom. The van der Waals surface area contributed by atoms with Gasteiger partial charge in [0.25, 0.3) is 0 Å². The maximum Gasteiger partial charge on any atom is 0.0792 e. The van der Waals surface area contributed by atoms with Gasteiger partial charge in [0.15, 0.2) is 0 Å². The summed E-state index contributed by atoms with van der Waals surface area (Å²) in [6.45, 7) is 11.0. The number of aliphatic hydroxyl groups excluding tert-OH is 1. The van der Waals surface area contributed by atoms with Gasteiger partial charge in [0.1, 0.15) is 0 Å². The molecule has 1 aromatic carbocycles. The van der Waals surface area contributed by atoms with E-state index in [4.69, 9.17) is 0 Å². The molecule has 1 aromatic rings. The summed E-state index contributed by atoms with van der Waals surface area (Å²) in [5, 5.41) is 10.2. The smallest absolute Gasteiger partial charge is 0.0792 e. The summed E-state index contributed by atoms with van der Waals surface area (Å²) in [4.78, 5) is 0. The Labute approximate surface area is 112 Å². The molecule has 0 radical (unpaired) electrons. The molecule has 18 heavy (non-hydrogen) atoms. The quantitative estimate of drug-likeness (QED) is 0.790. The van der Waals surface area contributed by atoms with Crippen LogP contribution < -0.4 is 0 Å². The Kier molecular flexibility index (Phi) is 5.40. The van der Waals surface area contributed by atoms with Gasteiger partial charge in [-0.2, -0.15) is 0 Å². The van der Waals surface area contributed by atoms with Crippen LogP contribution in [0.4, 0.5) is 0 Å². The molecule has 1 N–H and O–H groups in total. The molecule has 1 rings (SSSR count). The van der Waals surface area contributed by atoms with E-state index < -0.39 is 0 Å². The van der Waals surface area contributed by atoms with Crippen molar-refractivity contribution in [1.82, 2.24) is 0 Å². The van der Waals surface area contributed by atoms with E-state index >= 15 is 0 Å². The van der Waals surface area contributed by atoms with E-state index in [2.05, 4.69) is 58.9 Å². The van der Waals surface area contributed by atoms with Crippen molar-refractivity contribution < 1.29 is 5.11 Å². The molecule has 0 heterocycles. The van der Waals surface area contributed by atoms with Gasteiger partial charge in [0.2, 0.25) is 0 Å². The van der Waals surface area contributed by atoms with Crippen molar-refractivity contribution in [2.75, 3.05) is 0 Å². The third-order valence-corrected chi connectivity index (χ3v) is 3.87. The van der Waals surface area contributed by atoms with Gasteiger partial charge in [0, 0.05) is 0 Å². The van der Waals surface area contributed by atoms with Crippen LogP contribution in [0.5, 0.6) is 0 Å². The lowest BCUT2D eigenvalue weighted by Crippen LogP contribution is -2.11. The lowest BCUT2D eigenvalue weighted by molar-refractivity contribution is 0.141. The minimum atomic E-state index is -0.316. The fourth-order valence-corrected chi connectivity index (χ4v) is 2.28. The molecule has 0 amide bonds. The molecule has 0 aromatic heterocycles. The highest BCUT2D eigenvalue weighted by atomic mass is 16.3. The lowest BCUT2D eigenvalue weighted by Gasteiger charge is -2.21. The average Bonchev–Trinajstić information content (AvgIpc) is 2.34. The van der Waals surface area contributed by atoms with Gasteiger partial charge in [-0.05, 0) is 28.9 Å². The highest BCUT2D eigenvalue weighted by molar-refractivity contribution is 5.28. The second-order valence-corrected chi connectivity index (χ2v) is 6.31. The molecule has 1 unspecified atom stereocenters. The lowest BCUT2D eigenvalue weighted by atomic mass is 9.85. The Morgan fingerprint density at radius 3 is 1.89 bits per heavy atom. The fourth-order valence-electron chi connectivity index (χ4n) is 2.28. The van der Waals surface area contributed by atoms with Crippen molar-refractivity contribution in [3.8, 4) is 0 Å². The molecule has 0 aliphatic carbocycles. The molecule has 0 saturated carbocycles. The second kappa shape index (κ2) is 6.38. The van der Waals surface area contributed by atoms with Crippen LogP contribution in [0.25, 0.3) is 0 Å². The standard InChI is InChI=1S/C17H28O/c1-6-13(7-2)12-16(18)14-8-10-15(11-9-14)17(3,4)5/h8-11,13,16,18H,6-7,12H2,1-5H3. The van der Waals surface area contributed by atoms with Crippen molar-refractivity contribution in [1.29, 1.82) is 0 Å². The fraction of sp³-hybridized carbons (Fsp3) is 0.647. The number of benzene rings is 1. The number of rotatable bonds is 5.